The number of benzene rings is 1. The highest BCUT2D eigenvalue weighted by Gasteiger charge is 2.28. The summed E-state index contributed by atoms with van der Waals surface area (Å²) >= 11 is 0. The zero-order valence-corrected chi connectivity index (χ0v) is 19.3. The van der Waals surface area contributed by atoms with Gasteiger partial charge in [-0.2, -0.15) is 0 Å². The van der Waals surface area contributed by atoms with E-state index in [-0.39, 0.29) is 25.5 Å². The first-order valence-electron chi connectivity index (χ1n) is 10.7. The van der Waals surface area contributed by atoms with Crippen LogP contribution in [0.2, 0.25) is 0 Å². The predicted molar refractivity (Wildman–Crippen MR) is 125 cm³/mol. The zero-order chi connectivity index (χ0) is 23.3. The fourth-order valence-electron chi connectivity index (χ4n) is 2.81. The van der Waals surface area contributed by atoms with Crippen molar-refractivity contribution in [2.75, 3.05) is 31.2 Å². The van der Waals surface area contributed by atoms with Crippen molar-refractivity contribution in [1.82, 2.24) is 5.32 Å². The van der Waals surface area contributed by atoms with Gasteiger partial charge in [-0.3, -0.25) is 4.79 Å². The predicted octanol–water partition coefficient (Wildman–Crippen LogP) is 3.00. The summed E-state index contributed by atoms with van der Waals surface area (Å²) in [6.45, 7) is 16.4. The van der Waals surface area contributed by atoms with Gasteiger partial charge < -0.3 is 25.5 Å². The summed E-state index contributed by atoms with van der Waals surface area (Å²) in [6, 6.07) is 3.92. The summed E-state index contributed by atoms with van der Waals surface area (Å²) in [4.78, 5) is 18.7. The molecule has 0 radical (unpaired) electrons. The van der Waals surface area contributed by atoms with Crippen molar-refractivity contribution in [1.29, 1.82) is 0 Å². The van der Waals surface area contributed by atoms with Gasteiger partial charge in [0.1, 0.15) is 0 Å². The minimum absolute atomic E-state index is 0.0761. The van der Waals surface area contributed by atoms with Gasteiger partial charge in [-0.05, 0) is 49.9 Å². The number of carbonyl (C=O) groups is 1. The minimum atomic E-state index is -0.631. The molecule has 0 saturated carbocycles. The fourth-order valence-corrected chi connectivity index (χ4v) is 2.81. The lowest BCUT2D eigenvalue weighted by Gasteiger charge is -2.33. The molecule has 1 unspecified atom stereocenters. The van der Waals surface area contributed by atoms with Crippen molar-refractivity contribution in [3.05, 3.63) is 35.5 Å². The van der Waals surface area contributed by atoms with E-state index in [2.05, 4.69) is 16.9 Å². The van der Waals surface area contributed by atoms with Gasteiger partial charge in [0.15, 0.2) is 5.71 Å². The number of fused-ring (bicyclic) bond motifs is 1. The van der Waals surface area contributed by atoms with Gasteiger partial charge in [0.05, 0.1) is 29.8 Å². The van der Waals surface area contributed by atoms with Crippen LogP contribution >= 0.6 is 0 Å². The Kier molecular flexibility index (Phi) is 13.6. The molecule has 7 nitrogen and oxygen atoms in total. The Hall–Kier alpha value is -2.22. The number of nitrogens with zero attached hydrogens (tertiary/aromatic N) is 2. The molecule has 0 saturated heterocycles. The molecule has 30 heavy (non-hydrogen) atoms. The second-order valence-corrected chi connectivity index (χ2v) is 6.42. The first-order chi connectivity index (χ1) is 14.4. The maximum atomic E-state index is 12.4. The highest BCUT2D eigenvalue weighted by Crippen LogP contribution is 2.38. The van der Waals surface area contributed by atoms with Crippen LogP contribution in [0.1, 0.15) is 51.7 Å². The Bertz CT molecular complexity index is 717. The Morgan fingerprint density at radius 2 is 1.70 bits per heavy atom. The van der Waals surface area contributed by atoms with Gasteiger partial charge in [-0.1, -0.05) is 34.3 Å². The molecule has 7 heteroatoms. The molecule has 0 bridgehead atoms. The van der Waals surface area contributed by atoms with E-state index in [1.807, 2.05) is 58.6 Å². The smallest absolute Gasteiger partial charge is 0.272 e. The molecule has 1 atom stereocenters. The van der Waals surface area contributed by atoms with E-state index in [0.29, 0.717) is 30.8 Å². The zero-order valence-electron chi connectivity index (χ0n) is 19.3. The van der Waals surface area contributed by atoms with Crippen molar-refractivity contribution in [3.63, 3.8) is 0 Å². The molecule has 1 aromatic carbocycles. The molecule has 1 aromatic rings. The standard InChI is InChI=1S/C19H27N3O4.2C2H6/c1-12-10-16-17(11-13(12)2)22(7-4-15(25)5-8-23)14(3)18(21-16)19(26)20-6-9-24;2*1-2/h10-11,15,23-25H,3-9H2,1-2H3,(H,20,26);2*1-2H3. The maximum Gasteiger partial charge on any atom is 0.272 e. The van der Waals surface area contributed by atoms with Crippen LogP contribution in [0.25, 0.3) is 0 Å². The summed E-state index contributed by atoms with van der Waals surface area (Å²) < 4.78 is 0. The molecule has 1 amide bonds. The minimum Gasteiger partial charge on any atom is -0.396 e. The van der Waals surface area contributed by atoms with E-state index < -0.39 is 12.0 Å². The molecule has 0 aromatic heterocycles. The molecule has 1 aliphatic heterocycles. The summed E-state index contributed by atoms with van der Waals surface area (Å²) in [5, 5.41) is 30.4. The van der Waals surface area contributed by atoms with Gasteiger partial charge in [-0.15, -0.1) is 0 Å². The highest BCUT2D eigenvalue weighted by atomic mass is 16.3. The number of nitrogens with one attached hydrogen (secondary N) is 1. The first kappa shape index (κ1) is 27.8. The number of carbonyl (C=O) groups excluding carboxylic acids is 1. The van der Waals surface area contributed by atoms with Gasteiger partial charge in [0.25, 0.3) is 5.91 Å². The Balaban J connectivity index is 0.00000198. The van der Waals surface area contributed by atoms with Gasteiger partial charge in [-0.25, -0.2) is 4.99 Å². The van der Waals surface area contributed by atoms with Crippen LogP contribution < -0.4 is 10.2 Å². The number of hydrogen-bond donors (Lipinski definition) is 4. The van der Waals surface area contributed by atoms with Gasteiger partial charge in [0.2, 0.25) is 0 Å². The van der Waals surface area contributed by atoms with Crippen molar-refractivity contribution >= 4 is 23.0 Å². The topological polar surface area (TPSA) is 105 Å². The van der Waals surface area contributed by atoms with E-state index in [4.69, 9.17) is 10.2 Å². The number of anilines is 1. The van der Waals surface area contributed by atoms with Crippen LogP contribution in [0.15, 0.2) is 29.4 Å². The first-order valence-corrected chi connectivity index (χ1v) is 10.7. The van der Waals surface area contributed by atoms with E-state index in [1.54, 1.807) is 0 Å². The third-order valence-electron chi connectivity index (χ3n) is 4.47. The molecular weight excluding hydrogens is 382 g/mol. The van der Waals surface area contributed by atoms with Crippen molar-refractivity contribution in [3.8, 4) is 0 Å². The number of aliphatic imine (C=N–C) groups is 1. The van der Waals surface area contributed by atoms with E-state index in [0.717, 1.165) is 16.8 Å². The second kappa shape index (κ2) is 14.7. The monoisotopic (exact) mass is 421 g/mol. The molecule has 1 aliphatic rings. The van der Waals surface area contributed by atoms with E-state index >= 15 is 0 Å². The van der Waals surface area contributed by atoms with Crippen LogP contribution in [0, 0.1) is 13.8 Å². The lowest BCUT2D eigenvalue weighted by Crippen LogP contribution is -2.41. The molecule has 1 heterocycles. The quantitative estimate of drug-likeness (QED) is 0.516. The molecule has 4 N–H and O–H groups in total. The average Bonchev–Trinajstić information content (AvgIpc) is 2.75. The fraction of sp³-hybridized carbons (Fsp3) is 0.565. The van der Waals surface area contributed by atoms with Crippen LogP contribution in [0.4, 0.5) is 11.4 Å². The Labute approximate surface area is 181 Å². The molecule has 0 spiro atoms. The Morgan fingerprint density at radius 3 is 2.27 bits per heavy atom. The van der Waals surface area contributed by atoms with Gasteiger partial charge >= 0.3 is 0 Å². The number of aryl methyl sites for hydroxylation is 2. The van der Waals surface area contributed by atoms with Crippen LogP contribution in [0.3, 0.4) is 0 Å². The van der Waals surface area contributed by atoms with Crippen LogP contribution in [-0.4, -0.2) is 59.3 Å². The molecular formula is C23H39N3O4. The Morgan fingerprint density at radius 1 is 1.10 bits per heavy atom. The summed E-state index contributed by atoms with van der Waals surface area (Å²) in [6.07, 6.45) is 0.100. The summed E-state index contributed by atoms with van der Waals surface area (Å²) in [7, 11) is 0. The summed E-state index contributed by atoms with van der Waals surface area (Å²) in [5.41, 5.74) is 4.33. The lowest BCUT2D eigenvalue weighted by molar-refractivity contribution is -0.114. The normalized spacial score (nSPS) is 13.2. The van der Waals surface area contributed by atoms with E-state index in [1.165, 1.54) is 0 Å². The number of aliphatic hydroxyl groups excluding tert-OH is 3. The van der Waals surface area contributed by atoms with Crippen molar-refractivity contribution in [2.24, 2.45) is 4.99 Å². The number of rotatable bonds is 8. The lowest BCUT2D eigenvalue weighted by atomic mass is 10.0. The molecule has 2 rings (SSSR count). The van der Waals surface area contributed by atoms with Crippen LogP contribution in [0.5, 0.6) is 0 Å². The van der Waals surface area contributed by atoms with Crippen molar-refractivity contribution < 1.29 is 20.1 Å². The number of aliphatic hydroxyl groups is 3. The average molecular weight is 422 g/mol. The maximum absolute atomic E-state index is 12.4. The third-order valence-corrected chi connectivity index (χ3v) is 4.47. The number of hydrogen-bond acceptors (Lipinski definition) is 6. The van der Waals surface area contributed by atoms with Crippen molar-refractivity contribution in [2.45, 2.75) is 60.5 Å². The third kappa shape index (κ3) is 7.55. The molecule has 0 fully saturated rings. The van der Waals surface area contributed by atoms with Gasteiger partial charge in [0, 0.05) is 19.7 Å². The largest absolute Gasteiger partial charge is 0.396 e. The van der Waals surface area contributed by atoms with E-state index in [9.17, 15) is 9.90 Å². The second-order valence-electron chi connectivity index (χ2n) is 6.42. The molecule has 170 valence electrons. The number of amides is 1. The van der Waals surface area contributed by atoms with Crippen LogP contribution in [-0.2, 0) is 4.79 Å². The summed E-state index contributed by atoms with van der Waals surface area (Å²) in [5.74, 6) is -0.395. The highest BCUT2D eigenvalue weighted by molar-refractivity contribution is 6.47. The molecule has 0 aliphatic carbocycles. The SMILES string of the molecule is C=C1C(C(=O)NCCO)=Nc2cc(C)c(C)cc2N1CCC(O)CCO.CC.CC.